The van der Waals surface area contributed by atoms with E-state index in [-0.39, 0.29) is 24.8 Å². The number of anilines is 1. The summed E-state index contributed by atoms with van der Waals surface area (Å²) in [6, 6.07) is 6.00. The highest BCUT2D eigenvalue weighted by Gasteiger charge is 2.19. The molecule has 1 aliphatic rings. The fourth-order valence-electron chi connectivity index (χ4n) is 2.31. The first-order chi connectivity index (χ1) is 9.85. The van der Waals surface area contributed by atoms with E-state index in [9.17, 15) is 0 Å². The number of nitrogens with zero attached hydrogens (tertiary/aromatic N) is 5. The molecule has 0 atom stereocenters. The van der Waals surface area contributed by atoms with E-state index < -0.39 is 0 Å². The number of halogens is 2. The third-order valence-corrected chi connectivity index (χ3v) is 3.40. The number of hydrogen-bond acceptors (Lipinski definition) is 7. The van der Waals surface area contributed by atoms with Gasteiger partial charge in [0.1, 0.15) is 5.82 Å². The Kier molecular flexibility index (Phi) is 7.53. The van der Waals surface area contributed by atoms with Crippen LogP contribution in [0.25, 0.3) is 0 Å². The van der Waals surface area contributed by atoms with Crippen molar-refractivity contribution >= 4 is 30.6 Å². The smallest absolute Gasteiger partial charge is 0.240 e. The second-order valence-electron chi connectivity index (χ2n) is 4.76. The maximum Gasteiger partial charge on any atom is 0.240 e. The second kappa shape index (κ2) is 8.89. The molecule has 0 saturated carbocycles. The van der Waals surface area contributed by atoms with Crippen LogP contribution in [0.15, 0.2) is 28.9 Å². The van der Waals surface area contributed by atoms with Crippen molar-refractivity contribution in [3.05, 3.63) is 36.1 Å². The van der Waals surface area contributed by atoms with E-state index in [1.165, 1.54) is 0 Å². The van der Waals surface area contributed by atoms with E-state index in [4.69, 9.17) is 10.3 Å². The molecule has 0 unspecified atom stereocenters. The lowest BCUT2D eigenvalue weighted by Gasteiger charge is -2.34. The Morgan fingerprint density at radius 1 is 1.14 bits per heavy atom. The van der Waals surface area contributed by atoms with Crippen LogP contribution in [-0.2, 0) is 13.1 Å². The molecule has 1 fully saturated rings. The third kappa shape index (κ3) is 4.54. The van der Waals surface area contributed by atoms with Crippen LogP contribution in [-0.4, -0.2) is 46.2 Å². The summed E-state index contributed by atoms with van der Waals surface area (Å²) in [7, 11) is 0. The molecule has 1 aliphatic heterocycles. The van der Waals surface area contributed by atoms with Gasteiger partial charge in [-0.25, -0.2) is 4.98 Å². The van der Waals surface area contributed by atoms with Crippen LogP contribution < -0.4 is 10.6 Å². The van der Waals surface area contributed by atoms with Crippen LogP contribution in [0, 0.1) is 0 Å². The molecule has 7 nitrogen and oxygen atoms in total. The van der Waals surface area contributed by atoms with Gasteiger partial charge in [-0.3, -0.25) is 4.90 Å². The molecule has 0 bridgehead atoms. The van der Waals surface area contributed by atoms with E-state index in [0.29, 0.717) is 24.8 Å². The number of piperazine rings is 1. The van der Waals surface area contributed by atoms with Gasteiger partial charge in [-0.2, -0.15) is 4.98 Å². The first-order valence-electron chi connectivity index (χ1n) is 6.75. The molecular formula is C13H20Cl2N6O. The minimum atomic E-state index is 0. The molecule has 2 aromatic heterocycles. The van der Waals surface area contributed by atoms with E-state index in [2.05, 4.69) is 24.9 Å². The molecule has 122 valence electrons. The summed E-state index contributed by atoms with van der Waals surface area (Å²) in [5, 5.41) is 3.92. The van der Waals surface area contributed by atoms with Gasteiger partial charge in [0.05, 0.1) is 13.1 Å². The minimum absolute atomic E-state index is 0. The molecule has 0 radical (unpaired) electrons. The van der Waals surface area contributed by atoms with Crippen molar-refractivity contribution in [2.45, 2.75) is 13.1 Å². The van der Waals surface area contributed by atoms with Crippen molar-refractivity contribution in [1.29, 1.82) is 0 Å². The van der Waals surface area contributed by atoms with Gasteiger partial charge in [0, 0.05) is 32.4 Å². The van der Waals surface area contributed by atoms with Crippen LogP contribution in [0.1, 0.15) is 11.7 Å². The van der Waals surface area contributed by atoms with Crippen molar-refractivity contribution in [2.75, 3.05) is 31.1 Å². The van der Waals surface area contributed by atoms with Gasteiger partial charge in [0.25, 0.3) is 0 Å². The Morgan fingerprint density at radius 2 is 1.91 bits per heavy atom. The average molecular weight is 347 g/mol. The summed E-state index contributed by atoms with van der Waals surface area (Å²) >= 11 is 0. The highest BCUT2D eigenvalue weighted by atomic mass is 35.5. The Balaban J connectivity index is 0.00000121. The molecule has 0 amide bonds. The van der Waals surface area contributed by atoms with E-state index in [1.807, 2.05) is 24.4 Å². The number of nitrogens with two attached hydrogens (primary N) is 1. The Morgan fingerprint density at radius 3 is 2.50 bits per heavy atom. The van der Waals surface area contributed by atoms with Gasteiger partial charge in [-0.05, 0) is 12.1 Å². The van der Waals surface area contributed by atoms with Crippen LogP contribution in [0.4, 0.5) is 5.82 Å². The molecule has 0 aliphatic carbocycles. The predicted molar refractivity (Wildman–Crippen MR) is 88.4 cm³/mol. The standard InChI is InChI=1S/C13H18N6O.2ClH/c14-9-13-16-11(17-20-13)10-18-5-7-19(8-6-18)12-3-1-2-4-15-12;;/h1-4H,5-10,14H2;2*1H. The molecule has 0 spiro atoms. The lowest BCUT2D eigenvalue weighted by molar-refractivity contribution is 0.239. The predicted octanol–water partition coefficient (Wildman–Crippen LogP) is 1.09. The van der Waals surface area contributed by atoms with Gasteiger partial charge >= 0.3 is 0 Å². The topological polar surface area (TPSA) is 84.3 Å². The Hall–Kier alpha value is -1.41. The molecule has 2 N–H and O–H groups in total. The van der Waals surface area contributed by atoms with Crippen molar-refractivity contribution in [3.8, 4) is 0 Å². The van der Waals surface area contributed by atoms with Crippen molar-refractivity contribution < 1.29 is 4.52 Å². The number of aromatic nitrogens is 3. The summed E-state index contributed by atoms with van der Waals surface area (Å²) in [5.41, 5.74) is 5.46. The average Bonchev–Trinajstić information content (AvgIpc) is 2.97. The molecule has 0 aromatic carbocycles. The zero-order chi connectivity index (χ0) is 13.8. The lowest BCUT2D eigenvalue weighted by atomic mass is 10.3. The maximum absolute atomic E-state index is 5.46. The number of hydrogen-bond donors (Lipinski definition) is 1. The maximum atomic E-state index is 5.46. The van der Waals surface area contributed by atoms with Crippen LogP contribution in [0.3, 0.4) is 0 Å². The fraction of sp³-hybridized carbons (Fsp3) is 0.462. The van der Waals surface area contributed by atoms with Gasteiger partial charge in [0.2, 0.25) is 5.89 Å². The SMILES string of the molecule is Cl.Cl.NCc1nc(CN2CCN(c3ccccn3)CC2)no1. The molecule has 22 heavy (non-hydrogen) atoms. The van der Waals surface area contributed by atoms with Gasteiger partial charge in [0.15, 0.2) is 5.82 Å². The van der Waals surface area contributed by atoms with Gasteiger partial charge < -0.3 is 15.2 Å². The minimum Gasteiger partial charge on any atom is -0.354 e. The van der Waals surface area contributed by atoms with Crippen LogP contribution in [0.5, 0.6) is 0 Å². The molecule has 3 heterocycles. The summed E-state index contributed by atoms with van der Waals surface area (Å²) in [5.74, 6) is 2.24. The van der Waals surface area contributed by atoms with Gasteiger partial charge in [-0.15, -0.1) is 24.8 Å². The quantitative estimate of drug-likeness (QED) is 0.886. The number of rotatable bonds is 4. The summed E-state index contributed by atoms with van der Waals surface area (Å²) in [4.78, 5) is 13.2. The largest absolute Gasteiger partial charge is 0.354 e. The zero-order valence-corrected chi connectivity index (χ0v) is 13.7. The third-order valence-electron chi connectivity index (χ3n) is 3.40. The molecule has 1 saturated heterocycles. The van der Waals surface area contributed by atoms with E-state index >= 15 is 0 Å². The van der Waals surface area contributed by atoms with Gasteiger partial charge in [-0.1, -0.05) is 11.2 Å². The highest BCUT2D eigenvalue weighted by Crippen LogP contribution is 2.13. The molecule has 3 rings (SSSR count). The van der Waals surface area contributed by atoms with Crippen LogP contribution >= 0.6 is 24.8 Å². The summed E-state index contributed by atoms with van der Waals surface area (Å²) in [6.07, 6.45) is 1.83. The zero-order valence-electron chi connectivity index (χ0n) is 12.1. The highest BCUT2D eigenvalue weighted by molar-refractivity contribution is 5.85. The Bertz CT molecular complexity index is 544. The van der Waals surface area contributed by atoms with E-state index in [0.717, 1.165) is 32.0 Å². The first-order valence-corrected chi connectivity index (χ1v) is 6.75. The summed E-state index contributed by atoms with van der Waals surface area (Å²) < 4.78 is 5.01. The molecule has 2 aromatic rings. The fourth-order valence-corrected chi connectivity index (χ4v) is 2.31. The van der Waals surface area contributed by atoms with Crippen molar-refractivity contribution in [2.24, 2.45) is 5.73 Å². The monoisotopic (exact) mass is 346 g/mol. The normalized spacial score (nSPS) is 15.0. The first kappa shape index (κ1) is 18.6. The molecule has 9 heteroatoms. The number of pyridine rings is 1. The Labute approximate surface area is 141 Å². The summed E-state index contributed by atoms with van der Waals surface area (Å²) in [6.45, 7) is 4.84. The molecular weight excluding hydrogens is 327 g/mol. The van der Waals surface area contributed by atoms with Crippen molar-refractivity contribution in [1.82, 2.24) is 20.0 Å². The van der Waals surface area contributed by atoms with Crippen LogP contribution in [0.2, 0.25) is 0 Å². The van der Waals surface area contributed by atoms with Crippen molar-refractivity contribution in [3.63, 3.8) is 0 Å². The second-order valence-corrected chi connectivity index (χ2v) is 4.76. The van der Waals surface area contributed by atoms with E-state index in [1.54, 1.807) is 0 Å². The lowest BCUT2D eigenvalue weighted by Crippen LogP contribution is -2.46.